The fraction of sp³-hybridized carbons (Fsp3) is 0.0556. The van der Waals surface area contributed by atoms with E-state index >= 15 is 0 Å². The average Bonchev–Trinajstić information content (AvgIpc) is 2.61. The molecule has 0 amide bonds. The summed E-state index contributed by atoms with van der Waals surface area (Å²) in [7, 11) is 0. The second-order valence-electron chi connectivity index (χ2n) is 5.06. The first-order valence-electron chi connectivity index (χ1n) is 7.16. The molecule has 0 unspecified atom stereocenters. The van der Waals surface area contributed by atoms with Gasteiger partial charge >= 0.3 is 5.97 Å². The van der Waals surface area contributed by atoms with Crippen molar-refractivity contribution in [3.63, 3.8) is 0 Å². The minimum Gasteiger partial charge on any atom is -0.478 e. The molecule has 0 aliphatic carbocycles. The van der Waals surface area contributed by atoms with Crippen molar-refractivity contribution < 1.29 is 14.3 Å². The zero-order valence-electron chi connectivity index (χ0n) is 12.5. The summed E-state index contributed by atoms with van der Waals surface area (Å²) < 4.78 is 12.9. The summed E-state index contributed by atoms with van der Waals surface area (Å²) in [4.78, 5) is 11.0. The summed E-state index contributed by atoms with van der Waals surface area (Å²) in [5.74, 6) is -0.626. The molecule has 0 saturated heterocycles. The molecular weight excluding hydrogens is 327 g/mol. The van der Waals surface area contributed by atoms with Crippen LogP contribution in [0.25, 0.3) is 11.3 Å². The monoisotopic (exact) mass is 340 g/mol. The third-order valence-electron chi connectivity index (χ3n) is 3.34. The first-order chi connectivity index (χ1) is 11.6. The Morgan fingerprint density at radius 3 is 2.50 bits per heavy atom. The molecule has 0 atom stereocenters. The topological polar surface area (TPSA) is 63.1 Å². The van der Waals surface area contributed by atoms with Gasteiger partial charge in [0.25, 0.3) is 0 Å². The van der Waals surface area contributed by atoms with Gasteiger partial charge in [-0.15, -0.1) is 10.2 Å². The Hall–Kier alpha value is -2.73. The molecule has 6 heteroatoms. The van der Waals surface area contributed by atoms with E-state index in [0.717, 1.165) is 16.2 Å². The van der Waals surface area contributed by atoms with Gasteiger partial charge in [0.05, 0.1) is 11.3 Å². The van der Waals surface area contributed by atoms with Crippen LogP contribution in [-0.2, 0) is 5.75 Å². The number of carboxylic acids is 1. The molecule has 3 aromatic rings. The van der Waals surface area contributed by atoms with Gasteiger partial charge in [0.15, 0.2) is 0 Å². The lowest BCUT2D eigenvalue weighted by Crippen LogP contribution is -1.96. The van der Waals surface area contributed by atoms with Crippen LogP contribution in [-0.4, -0.2) is 21.3 Å². The number of rotatable bonds is 5. The van der Waals surface area contributed by atoms with Crippen molar-refractivity contribution in [1.82, 2.24) is 10.2 Å². The van der Waals surface area contributed by atoms with Crippen LogP contribution in [0, 0.1) is 5.82 Å². The standard InChI is InChI=1S/C18H13FN2O2S/c19-15-6-4-13(5-7-15)16-8-9-17(21-20-16)24-11-12-2-1-3-14(10-12)18(22)23/h1-10H,11H2,(H,22,23). The molecule has 1 aromatic heterocycles. The third-order valence-corrected chi connectivity index (χ3v) is 4.33. The minimum atomic E-state index is -0.940. The molecule has 0 radical (unpaired) electrons. The van der Waals surface area contributed by atoms with Gasteiger partial charge in [-0.2, -0.15) is 0 Å². The zero-order valence-corrected chi connectivity index (χ0v) is 13.3. The van der Waals surface area contributed by atoms with Crippen LogP contribution in [0.3, 0.4) is 0 Å². The maximum Gasteiger partial charge on any atom is 0.335 e. The number of hydrogen-bond acceptors (Lipinski definition) is 4. The number of benzene rings is 2. The van der Waals surface area contributed by atoms with Crippen molar-refractivity contribution in [1.29, 1.82) is 0 Å². The molecule has 24 heavy (non-hydrogen) atoms. The lowest BCUT2D eigenvalue weighted by Gasteiger charge is -2.04. The highest BCUT2D eigenvalue weighted by Gasteiger charge is 2.05. The Balaban J connectivity index is 1.67. The van der Waals surface area contributed by atoms with Gasteiger partial charge in [0.2, 0.25) is 0 Å². The van der Waals surface area contributed by atoms with Crippen LogP contribution in [0.4, 0.5) is 4.39 Å². The first-order valence-corrected chi connectivity index (χ1v) is 8.15. The second kappa shape index (κ2) is 7.23. The van der Waals surface area contributed by atoms with Crippen molar-refractivity contribution in [3.8, 4) is 11.3 Å². The third kappa shape index (κ3) is 3.97. The van der Waals surface area contributed by atoms with E-state index in [1.807, 2.05) is 18.2 Å². The van der Waals surface area contributed by atoms with Crippen LogP contribution in [0.15, 0.2) is 65.7 Å². The van der Waals surface area contributed by atoms with Crippen LogP contribution >= 0.6 is 11.8 Å². The Morgan fingerprint density at radius 2 is 1.83 bits per heavy atom. The summed E-state index contributed by atoms with van der Waals surface area (Å²) in [5.41, 5.74) is 2.65. The maximum atomic E-state index is 12.9. The van der Waals surface area contributed by atoms with E-state index in [2.05, 4.69) is 10.2 Å². The summed E-state index contributed by atoms with van der Waals surface area (Å²) >= 11 is 1.47. The predicted molar refractivity (Wildman–Crippen MR) is 90.4 cm³/mol. The Morgan fingerprint density at radius 1 is 1.04 bits per heavy atom. The summed E-state index contributed by atoms with van der Waals surface area (Å²) in [6.07, 6.45) is 0. The van der Waals surface area contributed by atoms with Gasteiger partial charge in [-0.05, 0) is 54.1 Å². The number of aromatic carboxylic acids is 1. The molecule has 1 heterocycles. The van der Waals surface area contributed by atoms with Crippen molar-refractivity contribution in [2.75, 3.05) is 0 Å². The fourth-order valence-electron chi connectivity index (χ4n) is 2.12. The van der Waals surface area contributed by atoms with Crippen molar-refractivity contribution in [2.45, 2.75) is 10.8 Å². The molecule has 3 rings (SSSR count). The molecule has 2 aromatic carbocycles. The van der Waals surface area contributed by atoms with E-state index in [-0.39, 0.29) is 11.4 Å². The van der Waals surface area contributed by atoms with E-state index in [9.17, 15) is 9.18 Å². The predicted octanol–water partition coefficient (Wildman–Crippen LogP) is 4.27. The SMILES string of the molecule is O=C(O)c1cccc(CSc2ccc(-c3ccc(F)cc3)nn2)c1. The summed E-state index contributed by atoms with van der Waals surface area (Å²) in [5, 5.41) is 18.0. The molecule has 0 saturated carbocycles. The van der Waals surface area contributed by atoms with Crippen LogP contribution in [0.1, 0.15) is 15.9 Å². The molecule has 0 fully saturated rings. The van der Waals surface area contributed by atoms with Gasteiger partial charge < -0.3 is 5.11 Å². The number of halogens is 1. The van der Waals surface area contributed by atoms with Crippen LogP contribution in [0.2, 0.25) is 0 Å². The van der Waals surface area contributed by atoms with Crippen molar-refractivity contribution >= 4 is 17.7 Å². The number of hydrogen-bond donors (Lipinski definition) is 1. The second-order valence-corrected chi connectivity index (χ2v) is 6.05. The van der Waals surface area contributed by atoms with Crippen LogP contribution < -0.4 is 0 Å². The first kappa shape index (κ1) is 16.1. The smallest absolute Gasteiger partial charge is 0.335 e. The molecule has 4 nitrogen and oxygen atoms in total. The van der Waals surface area contributed by atoms with Crippen molar-refractivity contribution in [3.05, 3.63) is 77.6 Å². The van der Waals surface area contributed by atoms with Gasteiger partial charge in [-0.3, -0.25) is 0 Å². The highest BCUT2D eigenvalue weighted by molar-refractivity contribution is 7.98. The molecule has 120 valence electrons. The molecule has 0 aliphatic heterocycles. The molecule has 0 aliphatic rings. The largest absolute Gasteiger partial charge is 0.478 e. The molecule has 0 spiro atoms. The van der Waals surface area contributed by atoms with E-state index in [1.54, 1.807) is 30.3 Å². The highest BCUT2D eigenvalue weighted by atomic mass is 32.2. The Bertz CT molecular complexity index is 852. The lowest BCUT2D eigenvalue weighted by atomic mass is 10.1. The minimum absolute atomic E-state index is 0.269. The average molecular weight is 340 g/mol. The number of carbonyl (C=O) groups is 1. The zero-order chi connectivity index (χ0) is 16.9. The molecular formula is C18H13FN2O2S. The summed E-state index contributed by atoms with van der Waals surface area (Å²) in [6.45, 7) is 0. The summed E-state index contributed by atoms with van der Waals surface area (Å²) in [6, 6.07) is 16.6. The maximum absolute atomic E-state index is 12.9. The molecule has 0 bridgehead atoms. The normalized spacial score (nSPS) is 10.5. The fourth-order valence-corrected chi connectivity index (χ4v) is 2.88. The van der Waals surface area contributed by atoms with Gasteiger partial charge in [0.1, 0.15) is 10.8 Å². The number of aromatic nitrogens is 2. The number of carboxylic acid groups (broad SMARTS) is 1. The Kier molecular flexibility index (Phi) is 4.86. The van der Waals surface area contributed by atoms with Crippen molar-refractivity contribution in [2.24, 2.45) is 0 Å². The van der Waals surface area contributed by atoms with E-state index in [1.165, 1.54) is 23.9 Å². The lowest BCUT2D eigenvalue weighted by molar-refractivity contribution is 0.0697. The van der Waals surface area contributed by atoms with Gasteiger partial charge in [-0.1, -0.05) is 23.9 Å². The quantitative estimate of drug-likeness (QED) is 0.703. The highest BCUT2D eigenvalue weighted by Crippen LogP contribution is 2.23. The van der Waals surface area contributed by atoms with E-state index in [0.29, 0.717) is 11.4 Å². The van der Waals surface area contributed by atoms with E-state index in [4.69, 9.17) is 5.11 Å². The van der Waals surface area contributed by atoms with Gasteiger partial charge in [0, 0.05) is 11.3 Å². The number of nitrogens with zero attached hydrogens (tertiary/aromatic N) is 2. The van der Waals surface area contributed by atoms with Crippen LogP contribution in [0.5, 0.6) is 0 Å². The van der Waals surface area contributed by atoms with Gasteiger partial charge in [-0.25, -0.2) is 9.18 Å². The molecule has 1 N–H and O–H groups in total. The van der Waals surface area contributed by atoms with E-state index < -0.39 is 5.97 Å². The Labute approximate surface area is 142 Å². The number of thioether (sulfide) groups is 1.